The van der Waals surface area contributed by atoms with E-state index in [4.69, 9.17) is 20.4 Å². The largest absolute Gasteiger partial charge is 0.323 e. The molecule has 244 valence electrons. The zero-order valence-electron chi connectivity index (χ0n) is 28.1. The molecule has 50 heavy (non-hydrogen) atoms. The lowest BCUT2D eigenvalue weighted by molar-refractivity contribution is 0.396. The maximum Gasteiger partial charge on any atom is 0.205 e. The van der Waals surface area contributed by atoms with Gasteiger partial charge in [-0.05, 0) is 57.1 Å². The van der Waals surface area contributed by atoms with Crippen LogP contribution in [-0.4, -0.2) is 29.8 Å². The summed E-state index contributed by atoms with van der Waals surface area (Å²) in [4.78, 5) is 6.76. The molecule has 0 unspecified atom stereocenters. The van der Waals surface area contributed by atoms with Gasteiger partial charge in [0.2, 0.25) is 5.82 Å². The standard InChI is InChI=1S/C44H38N6/c1-2-3-27-42-45-40-25-15-16-26-41(40)49(42)32-33-28-30-34(31-29-33)38-23-13-14-24-39(38)43-46-48-50(47-43)44(35-17-7-4-8-18-35,36-19-9-5-10-20-36)37-21-11-6-12-22-37/h4-26,28-31H,2-3,27,32H2,1H3. The van der Waals surface area contributed by atoms with Crippen LogP contribution in [0.3, 0.4) is 0 Å². The quantitative estimate of drug-likeness (QED) is 0.131. The minimum absolute atomic E-state index is 0.572. The van der Waals surface area contributed by atoms with Crippen molar-refractivity contribution in [3.05, 3.63) is 192 Å². The third-order valence-electron chi connectivity index (χ3n) is 9.55. The number of tetrazole rings is 1. The van der Waals surface area contributed by atoms with Gasteiger partial charge in [0.25, 0.3) is 0 Å². The normalized spacial score (nSPS) is 11.6. The van der Waals surface area contributed by atoms with E-state index in [-0.39, 0.29) is 0 Å². The number of fused-ring (bicyclic) bond motifs is 1. The molecule has 0 saturated heterocycles. The molecule has 0 aliphatic heterocycles. The summed E-state index contributed by atoms with van der Waals surface area (Å²) in [7, 11) is 0. The Bertz CT molecular complexity index is 2230. The molecule has 6 heteroatoms. The van der Waals surface area contributed by atoms with Gasteiger partial charge in [0, 0.05) is 18.5 Å². The van der Waals surface area contributed by atoms with Gasteiger partial charge >= 0.3 is 0 Å². The third-order valence-corrected chi connectivity index (χ3v) is 9.55. The average Bonchev–Trinajstić information content (AvgIpc) is 3.81. The Morgan fingerprint density at radius 1 is 0.580 bits per heavy atom. The van der Waals surface area contributed by atoms with Crippen molar-refractivity contribution in [2.24, 2.45) is 0 Å². The summed E-state index contributed by atoms with van der Waals surface area (Å²) in [6, 6.07) is 56.9. The van der Waals surface area contributed by atoms with E-state index in [0.717, 1.165) is 70.5 Å². The molecule has 2 heterocycles. The van der Waals surface area contributed by atoms with Crippen LogP contribution in [0.4, 0.5) is 0 Å². The smallest absolute Gasteiger partial charge is 0.205 e. The summed E-state index contributed by atoms with van der Waals surface area (Å²) in [6.45, 7) is 3.00. The maximum absolute atomic E-state index is 5.18. The lowest BCUT2D eigenvalue weighted by atomic mass is 9.77. The molecule has 8 rings (SSSR count). The number of benzene rings is 6. The molecule has 0 spiro atoms. The first-order valence-corrected chi connectivity index (χ1v) is 17.4. The van der Waals surface area contributed by atoms with Crippen molar-refractivity contribution in [1.29, 1.82) is 0 Å². The van der Waals surface area contributed by atoms with Crippen molar-refractivity contribution in [2.75, 3.05) is 0 Å². The van der Waals surface area contributed by atoms with E-state index >= 15 is 0 Å². The Morgan fingerprint density at radius 3 is 1.76 bits per heavy atom. The molecule has 0 N–H and O–H groups in total. The third kappa shape index (κ3) is 5.69. The number of hydrogen-bond acceptors (Lipinski definition) is 4. The number of rotatable bonds is 11. The second-order valence-corrected chi connectivity index (χ2v) is 12.7. The van der Waals surface area contributed by atoms with E-state index < -0.39 is 5.54 Å². The molecule has 0 atom stereocenters. The predicted octanol–water partition coefficient (Wildman–Crippen LogP) is 9.59. The first-order valence-electron chi connectivity index (χ1n) is 17.4. The van der Waals surface area contributed by atoms with Gasteiger partial charge in [0.15, 0.2) is 5.54 Å². The number of aromatic nitrogens is 6. The number of unbranched alkanes of at least 4 members (excludes halogenated alkanes) is 1. The zero-order chi connectivity index (χ0) is 33.8. The van der Waals surface area contributed by atoms with Crippen LogP contribution < -0.4 is 0 Å². The van der Waals surface area contributed by atoms with E-state index in [9.17, 15) is 0 Å². The molecule has 0 aliphatic rings. The number of aryl methyl sites for hydroxylation is 1. The Hall–Kier alpha value is -6.14. The lowest BCUT2D eigenvalue weighted by Gasteiger charge is -2.34. The van der Waals surface area contributed by atoms with Crippen molar-refractivity contribution in [3.8, 4) is 22.5 Å². The second-order valence-electron chi connectivity index (χ2n) is 12.7. The Labute approximate surface area is 292 Å². The molecule has 0 radical (unpaired) electrons. The highest BCUT2D eigenvalue weighted by Crippen LogP contribution is 2.40. The monoisotopic (exact) mass is 650 g/mol. The van der Waals surface area contributed by atoms with Crippen LogP contribution in [0, 0.1) is 0 Å². The summed E-state index contributed by atoms with van der Waals surface area (Å²) in [5, 5.41) is 14.7. The number of imidazole rings is 1. The fraction of sp³-hybridized carbons (Fsp3) is 0.136. The molecule has 0 fully saturated rings. The Balaban J connectivity index is 1.18. The highest BCUT2D eigenvalue weighted by molar-refractivity contribution is 5.80. The summed E-state index contributed by atoms with van der Waals surface area (Å²) < 4.78 is 2.37. The van der Waals surface area contributed by atoms with E-state index in [0.29, 0.717) is 5.82 Å². The van der Waals surface area contributed by atoms with Crippen LogP contribution in [0.2, 0.25) is 0 Å². The minimum atomic E-state index is -0.834. The van der Waals surface area contributed by atoms with Crippen molar-refractivity contribution in [1.82, 2.24) is 29.8 Å². The number of para-hydroxylation sites is 2. The summed E-state index contributed by atoms with van der Waals surface area (Å²) >= 11 is 0. The summed E-state index contributed by atoms with van der Waals surface area (Å²) in [5.74, 6) is 1.72. The molecule has 0 amide bonds. The van der Waals surface area contributed by atoms with Crippen molar-refractivity contribution in [2.45, 2.75) is 38.3 Å². The second kappa shape index (κ2) is 13.8. The van der Waals surface area contributed by atoms with Gasteiger partial charge in [-0.2, -0.15) is 0 Å². The van der Waals surface area contributed by atoms with Gasteiger partial charge < -0.3 is 4.57 Å². The van der Waals surface area contributed by atoms with Crippen LogP contribution in [-0.2, 0) is 18.5 Å². The molecular weight excluding hydrogens is 613 g/mol. The van der Waals surface area contributed by atoms with Gasteiger partial charge in [0.1, 0.15) is 5.82 Å². The number of nitrogens with zero attached hydrogens (tertiary/aromatic N) is 6. The molecule has 2 aromatic heterocycles. The topological polar surface area (TPSA) is 61.4 Å². The van der Waals surface area contributed by atoms with Gasteiger partial charge in [-0.15, -0.1) is 15.0 Å². The van der Waals surface area contributed by atoms with Gasteiger partial charge in [-0.1, -0.05) is 165 Å². The maximum atomic E-state index is 5.18. The lowest BCUT2D eigenvalue weighted by Crippen LogP contribution is -2.39. The predicted molar refractivity (Wildman–Crippen MR) is 201 cm³/mol. The van der Waals surface area contributed by atoms with Crippen LogP contribution in [0.1, 0.15) is 47.8 Å². The van der Waals surface area contributed by atoms with Crippen LogP contribution >= 0.6 is 0 Å². The Kier molecular flexibility index (Phi) is 8.58. The SMILES string of the molecule is CCCCc1nc2ccccc2n1Cc1ccc(-c2ccccc2-c2nnn(C(c3ccccc3)(c3ccccc3)c3ccccc3)n2)cc1. The highest BCUT2D eigenvalue weighted by Gasteiger charge is 2.41. The van der Waals surface area contributed by atoms with Crippen molar-refractivity contribution >= 4 is 11.0 Å². The van der Waals surface area contributed by atoms with E-state index in [2.05, 4.69) is 151 Å². The first-order chi connectivity index (χ1) is 24.8. The van der Waals surface area contributed by atoms with Crippen LogP contribution in [0.25, 0.3) is 33.5 Å². The van der Waals surface area contributed by atoms with Crippen LogP contribution in [0.5, 0.6) is 0 Å². The van der Waals surface area contributed by atoms with E-state index in [1.165, 1.54) is 11.1 Å². The minimum Gasteiger partial charge on any atom is -0.323 e. The fourth-order valence-corrected chi connectivity index (χ4v) is 7.08. The van der Waals surface area contributed by atoms with Crippen molar-refractivity contribution in [3.63, 3.8) is 0 Å². The van der Waals surface area contributed by atoms with Crippen molar-refractivity contribution < 1.29 is 0 Å². The molecular formula is C44H38N6. The first kappa shape index (κ1) is 31.1. The molecule has 6 aromatic carbocycles. The molecule has 8 aromatic rings. The fourth-order valence-electron chi connectivity index (χ4n) is 7.08. The summed E-state index contributed by atoms with van der Waals surface area (Å²) in [5.41, 5.74) is 8.87. The molecule has 6 nitrogen and oxygen atoms in total. The average molecular weight is 651 g/mol. The number of hydrogen-bond donors (Lipinski definition) is 0. The molecule has 0 bridgehead atoms. The highest BCUT2D eigenvalue weighted by atomic mass is 15.6. The van der Waals surface area contributed by atoms with E-state index in [1.54, 1.807) is 4.80 Å². The van der Waals surface area contributed by atoms with Gasteiger partial charge in [-0.25, -0.2) is 4.98 Å². The Morgan fingerprint density at radius 2 is 1.14 bits per heavy atom. The molecule has 0 saturated carbocycles. The van der Waals surface area contributed by atoms with Gasteiger partial charge in [0.05, 0.1) is 11.0 Å². The summed E-state index contributed by atoms with van der Waals surface area (Å²) in [6.07, 6.45) is 3.25. The van der Waals surface area contributed by atoms with E-state index in [1.807, 2.05) is 24.3 Å². The van der Waals surface area contributed by atoms with Crippen LogP contribution in [0.15, 0.2) is 164 Å². The van der Waals surface area contributed by atoms with Gasteiger partial charge in [-0.3, -0.25) is 0 Å². The molecule has 0 aliphatic carbocycles. The zero-order valence-corrected chi connectivity index (χ0v) is 28.1.